The van der Waals surface area contributed by atoms with Gasteiger partial charge in [-0.05, 0) is 12.8 Å². The lowest BCUT2D eigenvalue weighted by Crippen LogP contribution is -2.28. The van der Waals surface area contributed by atoms with E-state index < -0.39 is 24.3 Å². The summed E-state index contributed by atoms with van der Waals surface area (Å²) in [6, 6.07) is 0. The molecule has 1 aliphatic heterocycles. The molecule has 1 atom stereocenters. The number of Topliss-reactive ketones (excluding diaryl/α,β-unsaturated/α-hetero) is 1. The number of hydrogen-bond acceptors (Lipinski definition) is 2. The summed E-state index contributed by atoms with van der Waals surface area (Å²) >= 11 is 0. The number of ketones is 1. The van der Waals surface area contributed by atoms with Gasteiger partial charge >= 0.3 is 6.18 Å². The maximum absolute atomic E-state index is 11.8. The van der Waals surface area contributed by atoms with Crippen molar-refractivity contribution in [3.63, 3.8) is 0 Å². The van der Waals surface area contributed by atoms with Gasteiger partial charge in [0.05, 0.1) is 6.61 Å². The molecule has 1 heterocycles. The van der Waals surface area contributed by atoms with Gasteiger partial charge in [-0.1, -0.05) is 0 Å². The zero-order chi connectivity index (χ0) is 9.90. The maximum atomic E-state index is 11.8. The number of ether oxygens (including phenoxy) is 1. The van der Waals surface area contributed by atoms with Crippen molar-refractivity contribution < 1.29 is 22.7 Å². The van der Waals surface area contributed by atoms with E-state index in [2.05, 4.69) is 0 Å². The van der Waals surface area contributed by atoms with Crippen LogP contribution in [0.25, 0.3) is 0 Å². The van der Waals surface area contributed by atoms with Gasteiger partial charge in [0.1, 0.15) is 12.2 Å². The molecule has 1 saturated heterocycles. The third-order valence-electron chi connectivity index (χ3n) is 1.99. The van der Waals surface area contributed by atoms with Crippen LogP contribution in [0.15, 0.2) is 0 Å². The molecule has 0 amide bonds. The smallest absolute Gasteiger partial charge is 0.381 e. The molecule has 1 fully saturated rings. The Morgan fingerprint density at radius 2 is 2.15 bits per heavy atom. The predicted octanol–water partition coefficient (Wildman–Crippen LogP) is 1.93. The Morgan fingerprint density at radius 1 is 1.46 bits per heavy atom. The van der Waals surface area contributed by atoms with E-state index in [-0.39, 0.29) is 6.61 Å². The highest BCUT2D eigenvalue weighted by atomic mass is 19.4. The fraction of sp³-hybridized carbons (Fsp3) is 0.875. The number of hydrogen-bond donors (Lipinski definition) is 0. The second kappa shape index (κ2) is 4.09. The minimum atomic E-state index is -4.38. The lowest BCUT2D eigenvalue weighted by atomic mass is 9.95. The lowest BCUT2D eigenvalue weighted by Gasteiger charge is -2.21. The van der Waals surface area contributed by atoms with Gasteiger partial charge in [-0.25, -0.2) is 0 Å². The van der Waals surface area contributed by atoms with Gasteiger partial charge < -0.3 is 4.74 Å². The zero-order valence-electron chi connectivity index (χ0n) is 7.06. The van der Waals surface area contributed by atoms with E-state index in [9.17, 15) is 18.0 Å². The fourth-order valence-corrected chi connectivity index (χ4v) is 1.34. The molecular weight excluding hydrogens is 185 g/mol. The molecule has 0 aromatic carbocycles. The summed E-state index contributed by atoms with van der Waals surface area (Å²) in [5, 5.41) is 0. The van der Waals surface area contributed by atoms with Crippen LogP contribution < -0.4 is 0 Å². The largest absolute Gasteiger partial charge is 0.395 e. The molecule has 13 heavy (non-hydrogen) atoms. The third kappa shape index (κ3) is 3.76. The van der Waals surface area contributed by atoms with Crippen LogP contribution in [0, 0.1) is 5.92 Å². The molecule has 5 heteroatoms. The molecule has 1 rings (SSSR count). The molecule has 1 unspecified atom stereocenters. The van der Waals surface area contributed by atoms with Crippen molar-refractivity contribution in [1.82, 2.24) is 0 Å². The highest BCUT2D eigenvalue weighted by molar-refractivity contribution is 5.81. The Hall–Kier alpha value is -0.580. The number of alkyl halides is 3. The van der Waals surface area contributed by atoms with Crippen molar-refractivity contribution in [3.05, 3.63) is 0 Å². The number of carbonyl (C=O) groups excluding carboxylic acids is 1. The molecule has 0 N–H and O–H groups in total. The van der Waals surface area contributed by atoms with E-state index in [1.807, 2.05) is 0 Å². The van der Waals surface area contributed by atoms with Crippen LogP contribution in [0.5, 0.6) is 0 Å². The summed E-state index contributed by atoms with van der Waals surface area (Å²) in [5.41, 5.74) is 0. The van der Waals surface area contributed by atoms with E-state index in [4.69, 9.17) is 4.74 Å². The second-order valence-corrected chi connectivity index (χ2v) is 3.17. The van der Waals surface area contributed by atoms with Crippen LogP contribution in [0.2, 0.25) is 0 Å². The molecular formula is C8H11F3O2. The molecule has 0 spiro atoms. The SMILES string of the molecule is O=C(CC(F)(F)F)C1CCCOC1. The Morgan fingerprint density at radius 3 is 2.62 bits per heavy atom. The first-order valence-electron chi connectivity index (χ1n) is 4.16. The first kappa shape index (κ1) is 10.5. The van der Waals surface area contributed by atoms with Crippen LogP contribution in [0.1, 0.15) is 19.3 Å². The fourth-order valence-electron chi connectivity index (χ4n) is 1.34. The van der Waals surface area contributed by atoms with Crippen molar-refractivity contribution in [2.24, 2.45) is 5.92 Å². The molecule has 0 saturated carbocycles. The average Bonchev–Trinajstić information content (AvgIpc) is 2.03. The average molecular weight is 196 g/mol. The molecule has 76 valence electrons. The van der Waals surface area contributed by atoms with Crippen molar-refractivity contribution >= 4 is 5.78 Å². The molecule has 0 bridgehead atoms. The summed E-state index contributed by atoms with van der Waals surface area (Å²) in [7, 11) is 0. The molecule has 0 radical (unpaired) electrons. The first-order valence-corrected chi connectivity index (χ1v) is 4.16. The number of carbonyl (C=O) groups is 1. The van der Waals surface area contributed by atoms with Gasteiger partial charge in [0.15, 0.2) is 0 Å². The van der Waals surface area contributed by atoms with Crippen LogP contribution >= 0.6 is 0 Å². The van der Waals surface area contributed by atoms with Crippen LogP contribution in [0.4, 0.5) is 13.2 Å². The summed E-state index contributed by atoms with van der Waals surface area (Å²) in [6.07, 6.45) is -4.50. The van der Waals surface area contributed by atoms with Gasteiger partial charge in [-0.15, -0.1) is 0 Å². The topological polar surface area (TPSA) is 26.3 Å². The number of halogens is 3. The Balaban J connectivity index is 2.38. The highest BCUT2D eigenvalue weighted by Crippen LogP contribution is 2.24. The van der Waals surface area contributed by atoms with Crippen molar-refractivity contribution in [3.8, 4) is 0 Å². The molecule has 0 aliphatic carbocycles. The van der Waals surface area contributed by atoms with Crippen LogP contribution in [-0.2, 0) is 9.53 Å². The van der Waals surface area contributed by atoms with Crippen molar-refractivity contribution in [2.75, 3.05) is 13.2 Å². The van der Waals surface area contributed by atoms with Gasteiger partial charge in [-0.3, -0.25) is 4.79 Å². The summed E-state index contributed by atoms with van der Waals surface area (Å²) in [5.74, 6) is -1.29. The summed E-state index contributed by atoms with van der Waals surface area (Å²) < 4.78 is 40.3. The Kier molecular flexibility index (Phi) is 3.30. The monoisotopic (exact) mass is 196 g/mol. The van der Waals surface area contributed by atoms with Crippen molar-refractivity contribution in [1.29, 1.82) is 0 Å². The van der Waals surface area contributed by atoms with Gasteiger partial charge in [-0.2, -0.15) is 13.2 Å². The van der Waals surface area contributed by atoms with Gasteiger partial charge in [0.25, 0.3) is 0 Å². The van der Waals surface area contributed by atoms with Crippen molar-refractivity contribution in [2.45, 2.75) is 25.4 Å². The molecule has 0 aromatic heterocycles. The summed E-state index contributed by atoms with van der Waals surface area (Å²) in [6.45, 7) is 0.699. The second-order valence-electron chi connectivity index (χ2n) is 3.17. The minimum absolute atomic E-state index is 0.148. The van der Waals surface area contributed by atoms with E-state index in [1.54, 1.807) is 0 Å². The van der Waals surface area contributed by atoms with Crippen LogP contribution in [0.3, 0.4) is 0 Å². The molecule has 0 aromatic rings. The van der Waals surface area contributed by atoms with Gasteiger partial charge in [0, 0.05) is 12.5 Å². The number of rotatable bonds is 2. The summed E-state index contributed by atoms with van der Waals surface area (Å²) in [4.78, 5) is 11.0. The third-order valence-corrected chi connectivity index (χ3v) is 1.99. The Bertz CT molecular complexity index is 182. The molecule has 2 nitrogen and oxygen atoms in total. The minimum Gasteiger partial charge on any atom is -0.381 e. The maximum Gasteiger partial charge on any atom is 0.395 e. The van der Waals surface area contributed by atoms with Gasteiger partial charge in [0.2, 0.25) is 0 Å². The van der Waals surface area contributed by atoms with E-state index in [0.29, 0.717) is 19.4 Å². The standard InChI is InChI=1S/C8H11F3O2/c9-8(10,11)4-7(12)6-2-1-3-13-5-6/h6H,1-5H2. The van der Waals surface area contributed by atoms with E-state index in [0.717, 1.165) is 0 Å². The zero-order valence-corrected chi connectivity index (χ0v) is 7.06. The highest BCUT2D eigenvalue weighted by Gasteiger charge is 2.34. The van der Waals surface area contributed by atoms with E-state index in [1.165, 1.54) is 0 Å². The Labute approximate surface area is 74.1 Å². The normalized spacial score (nSPS) is 24.4. The lowest BCUT2D eigenvalue weighted by molar-refractivity contribution is -0.157. The van der Waals surface area contributed by atoms with E-state index >= 15 is 0 Å². The first-order chi connectivity index (χ1) is 5.99. The quantitative estimate of drug-likeness (QED) is 0.674. The van der Waals surface area contributed by atoms with Crippen LogP contribution in [-0.4, -0.2) is 25.2 Å². The predicted molar refractivity (Wildman–Crippen MR) is 39.2 cm³/mol. The molecule has 1 aliphatic rings.